The van der Waals surface area contributed by atoms with Gasteiger partial charge in [0.2, 0.25) is 0 Å². The minimum absolute atomic E-state index is 0.851. The van der Waals surface area contributed by atoms with Crippen LogP contribution >= 0.6 is 0 Å². The zero-order valence-corrected chi connectivity index (χ0v) is 11.2. The van der Waals surface area contributed by atoms with Crippen LogP contribution in [-0.4, -0.2) is 12.6 Å². The van der Waals surface area contributed by atoms with Crippen molar-refractivity contribution in [3.05, 3.63) is 0 Å². The van der Waals surface area contributed by atoms with E-state index in [2.05, 4.69) is 19.2 Å². The van der Waals surface area contributed by atoms with E-state index >= 15 is 0 Å². The second-order valence-corrected chi connectivity index (χ2v) is 6.32. The minimum atomic E-state index is 0.851. The highest BCUT2D eigenvalue weighted by Crippen LogP contribution is 2.30. The van der Waals surface area contributed by atoms with Crippen molar-refractivity contribution < 1.29 is 0 Å². The first kappa shape index (κ1) is 12.4. The zero-order chi connectivity index (χ0) is 11.4. The van der Waals surface area contributed by atoms with E-state index in [0.29, 0.717) is 0 Å². The van der Waals surface area contributed by atoms with Gasteiger partial charge in [-0.15, -0.1) is 0 Å². The SMILES string of the molecule is CCC1CCC(NCC2CCC(C)CC2)C1. The number of nitrogens with one attached hydrogen (secondary N) is 1. The van der Waals surface area contributed by atoms with Crippen molar-refractivity contribution in [2.75, 3.05) is 6.54 Å². The molecule has 0 heterocycles. The summed E-state index contributed by atoms with van der Waals surface area (Å²) in [5.41, 5.74) is 0. The summed E-state index contributed by atoms with van der Waals surface area (Å²) in [6, 6.07) is 0.851. The topological polar surface area (TPSA) is 12.0 Å². The minimum Gasteiger partial charge on any atom is -0.314 e. The molecule has 0 amide bonds. The lowest BCUT2D eigenvalue weighted by atomic mass is 9.83. The molecule has 0 aromatic heterocycles. The Morgan fingerprint density at radius 3 is 2.25 bits per heavy atom. The van der Waals surface area contributed by atoms with Gasteiger partial charge in [-0.3, -0.25) is 0 Å². The number of hydrogen-bond donors (Lipinski definition) is 1. The van der Waals surface area contributed by atoms with Gasteiger partial charge in [0.25, 0.3) is 0 Å². The van der Waals surface area contributed by atoms with Crippen molar-refractivity contribution >= 4 is 0 Å². The molecular weight excluding hydrogens is 194 g/mol. The van der Waals surface area contributed by atoms with Gasteiger partial charge < -0.3 is 5.32 Å². The first-order chi connectivity index (χ1) is 7.78. The Morgan fingerprint density at radius 2 is 1.62 bits per heavy atom. The fourth-order valence-corrected chi connectivity index (χ4v) is 3.50. The molecule has 1 heteroatoms. The zero-order valence-electron chi connectivity index (χ0n) is 11.2. The molecule has 0 spiro atoms. The summed E-state index contributed by atoms with van der Waals surface area (Å²) in [5.74, 6) is 2.99. The maximum absolute atomic E-state index is 3.83. The number of rotatable bonds is 4. The van der Waals surface area contributed by atoms with E-state index in [1.165, 1.54) is 57.9 Å². The Hall–Kier alpha value is -0.0400. The molecule has 2 aliphatic carbocycles. The standard InChI is InChI=1S/C15H29N/c1-3-13-8-9-15(10-13)16-11-14-6-4-12(2)5-7-14/h12-16H,3-11H2,1-2H3. The van der Waals surface area contributed by atoms with Gasteiger partial charge in [-0.25, -0.2) is 0 Å². The fourth-order valence-electron chi connectivity index (χ4n) is 3.50. The summed E-state index contributed by atoms with van der Waals surface area (Å²) in [7, 11) is 0. The van der Waals surface area contributed by atoms with Crippen molar-refractivity contribution in [2.45, 2.75) is 71.3 Å². The quantitative estimate of drug-likeness (QED) is 0.760. The predicted molar refractivity (Wildman–Crippen MR) is 70.5 cm³/mol. The van der Waals surface area contributed by atoms with Gasteiger partial charge in [0, 0.05) is 6.04 Å². The van der Waals surface area contributed by atoms with Crippen molar-refractivity contribution in [1.29, 1.82) is 0 Å². The van der Waals surface area contributed by atoms with Crippen LogP contribution in [0.2, 0.25) is 0 Å². The van der Waals surface area contributed by atoms with Crippen LogP contribution < -0.4 is 5.32 Å². The summed E-state index contributed by atoms with van der Waals surface area (Å²) in [4.78, 5) is 0. The highest BCUT2D eigenvalue weighted by Gasteiger charge is 2.24. The van der Waals surface area contributed by atoms with Crippen LogP contribution in [0.4, 0.5) is 0 Å². The van der Waals surface area contributed by atoms with Crippen molar-refractivity contribution in [3.63, 3.8) is 0 Å². The van der Waals surface area contributed by atoms with Crippen LogP contribution in [0.3, 0.4) is 0 Å². The Labute approximate surface area is 101 Å². The largest absolute Gasteiger partial charge is 0.314 e. The third kappa shape index (κ3) is 3.48. The Balaban J connectivity index is 1.61. The first-order valence-electron chi connectivity index (χ1n) is 7.51. The Kier molecular flexibility index (Phi) is 4.69. The molecule has 1 N–H and O–H groups in total. The number of hydrogen-bond acceptors (Lipinski definition) is 1. The van der Waals surface area contributed by atoms with E-state index in [4.69, 9.17) is 0 Å². The van der Waals surface area contributed by atoms with Crippen LogP contribution in [-0.2, 0) is 0 Å². The highest BCUT2D eigenvalue weighted by molar-refractivity contribution is 4.81. The van der Waals surface area contributed by atoms with Gasteiger partial charge in [0.1, 0.15) is 0 Å². The molecular formula is C15H29N. The monoisotopic (exact) mass is 223 g/mol. The third-order valence-electron chi connectivity index (χ3n) is 4.95. The summed E-state index contributed by atoms with van der Waals surface area (Å²) >= 11 is 0. The molecule has 2 unspecified atom stereocenters. The fraction of sp³-hybridized carbons (Fsp3) is 1.00. The lowest BCUT2D eigenvalue weighted by molar-refractivity contribution is 0.273. The molecule has 2 fully saturated rings. The van der Waals surface area contributed by atoms with Gasteiger partial charge in [-0.1, -0.05) is 33.1 Å². The van der Waals surface area contributed by atoms with Gasteiger partial charge >= 0.3 is 0 Å². The third-order valence-corrected chi connectivity index (χ3v) is 4.95. The Morgan fingerprint density at radius 1 is 0.938 bits per heavy atom. The summed E-state index contributed by atoms with van der Waals surface area (Å²) in [6.07, 6.45) is 11.6. The average molecular weight is 223 g/mol. The molecule has 0 saturated heterocycles. The Bertz CT molecular complexity index is 192. The maximum atomic E-state index is 3.83. The van der Waals surface area contributed by atoms with Gasteiger partial charge in [-0.05, 0) is 56.4 Å². The molecule has 0 aromatic rings. The molecule has 2 aliphatic rings. The highest BCUT2D eigenvalue weighted by atomic mass is 14.9. The molecule has 0 aromatic carbocycles. The second kappa shape index (κ2) is 6.05. The summed E-state index contributed by atoms with van der Waals surface area (Å²) in [5, 5.41) is 3.83. The maximum Gasteiger partial charge on any atom is 0.00699 e. The smallest absolute Gasteiger partial charge is 0.00699 e. The van der Waals surface area contributed by atoms with E-state index in [0.717, 1.165) is 23.8 Å². The second-order valence-electron chi connectivity index (χ2n) is 6.32. The van der Waals surface area contributed by atoms with Crippen LogP contribution in [0.1, 0.15) is 65.2 Å². The van der Waals surface area contributed by atoms with Crippen LogP contribution in [0, 0.1) is 17.8 Å². The molecule has 0 bridgehead atoms. The van der Waals surface area contributed by atoms with E-state index in [1.807, 2.05) is 0 Å². The normalized spacial score (nSPS) is 40.1. The molecule has 16 heavy (non-hydrogen) atoms. The first-order valence-corrected chi connectivity index (χ1v) is 7.51. The van der Waals surface area contributed by atoms with Crippen LogP contribution in [0.15, 0.2) is 0 Å². The predicted octanol–water partition coefficient (Wildman–Crippen LogP) is 3.98. The summed E-state index contributed by atoms with van der Waals surface area (Å²) in [6.45, 7) is 6.05. The van der Waals surface area contributed by atoms with Crippen molar-refractivity contribution in [3.8, 4) is 0 Å². The lowest BCUT2D eigenvalue weighted by Gasteiger charge is -2.27. The van der Waals surface area contributed by atoms with Crippen LogP contribution in [0.5, 0.6) is 0 Å². The van der Waals surface area contributed by atoms with Crippen molar-refractivity contribution in [2.24, 2.45) is 17.8 Å². The van der Waals surface area contributed by atoms with Gasteiger partial charge in [0.05, 0.1) is 0 Å². The van der Waals surface area contributed by atoms with Gasteiger partial charge in [-0.2, -0.15) is 0 Å². The van der Waals surface area contributed by atoms with E-state index < -0.39 is 0 Å². The van der Waals surface area contributed by atoms with E-state index in [9.17, 15) is 0 Å². The van der Waals surface area contributed by atoms with Gasteiger partial charge in [0.15, 0.2) is 0 Å². The molecule has 2 atom stereocenters. The summed E-state index contributed by atoms with van der Waals surface area (Å²) < 4.78 is 0. The molecule has 0 radical (unpaired) electrons. The van der Waals surface area contributed by atoms with Crippen LogP contribution in [0.25, 0.3) is 0 Å². The molecule has 0 aliphatic heterocycles. The van der Waals surface area contributed by atoms with E-state index in [1.54, 1.807) is 0 Å². The molecule has 1 nitrogen and oxygen atoms in total. The molecule has 94 valence electrons. The lowest BCUT2D eigenvalue weighted by Crippen LogP contribution is -2.33. The molecule has 2 saturated carbocycles. The molecule has 2 rings (SSSR count). The van der Waals surface area contributed by atoms with Crippen molar-refractivity contribution in [1.82, 2.24) is 5.32 Å². The average Bonchev–Trinajstić information content (AvgIpc) is 2.76. The van der Waals surface area contributed by atoms with E-state index in [-0.39, 0.29) is 0 Å².